The van der Waals surface area contributed by atoms with Crippen molar-refractivity contribution in [1.82, 2.24) is 14.5 Å². The minimum atomic E-state index is -0.0866. The number of ether oxygens (including phenoxy) is 1. The van der Waals surface area contributed by atoms with Gasteiger partial charge in [0.2, 0.25) is 5.89 Å². The van der Waals surface area contributed by atoms with Crippen LogP contribution in [0.4, 0.5) is 0 Å². The maximum Gasteiger partial charge on any atom is 0.266 e. The maximum atomic E-state index is 13.4. The first-order chi connectivity index (χ1) is 16.1. The van der Waals surface area contributed by atoms with Crippen LogP contribution in [0, 0.1) is 6.92 Å². The fraction of sp³-hybridized carbons (Fsp3) is 0.115. The van der Waals surface area contributed by atoms with E-state index in [0.29, 0.717) is 27.7 Å². The number of aryl methyl sites for hydroxylation is 1. The summed E-state index contributed by atoms with van der Waals surface area (Å²) in [6, 6.07) is 22.8. The van der Waals surface area contributed by atoms with Gasteiger partial charge >= 0.3 is 0 Å². The fourth-order valence-corrected chi connectivity index (χ4v) is 4.50. The highest BCUT2D eigenvalue weighted by Gasteiger charge is 2.16. The Morgan fingerprint density at radius 2 is 1.73 bits per heavy atom. The van der Waals surface area contributed by atoms with Crippen LogP contribution in [0.15, 0.2) is 93.4 Å². The molecule has 0 unspecified atom stereocenters. The van der Waals surface area contributed by atoms with Gasteiger partial charge in [-0.25, -0.2) is 9.97 Å². The van der Waals surface area contributed by atoms with Crippen molar-refractivity contribution in [2.24, 2.45) is 0 Å². The standard InChI is InChI=1S/C26H21N3O3S/c1-17-7-3-6-10-23(17)29-25(30)21-8-4-5-9-22(21)28-26(29)33-16-19-15-32-24(27-19)18-11-13-20(31-2)14-12-18/h3-15H,16H2,1-2H3. The molecule has 0 bridgehead atoms. The van der Waals surface area contributed by atoms with E-state index in [9.17, 15) is 4.79 Å². The van der Waals surface area contributed by atoms with Crippen LogP contribution in [-0.2, 0) is 5.75 Å². The lowest BCUT2D eigenvalue weighted by atomic mass is 10.2. The first kappa shape index (κ1) is 21.0. The van der Waals surface area contributed by atoms with E-state index in [2.05, 4.69) is 4.98 Å². The number of hydrogen-bond acceptors (Lipinski definition) is 6. The third-order valence-electron chi connectivity index (χ3n) is 5.34. The predicted molar refractivity (Wildman–Crippen MR) is 130 cm³/mol. The molecule has 0 aliphatic rings. The van der Waals surface area contributed by atoms with Crippen molar-refractivity contribution < 1.29 is 9.15 Å². The van der Waals surface area contributed by atoms with Gasteiger partial charge in [-0.3, -0.25) is 9.36 Å². The molecule has 33 heavy (non-hydrogen) atoms. The van der Waals surface area contributed by atoms with Gasteiger partial charge in [0.25, 0.3) is 5.56 Å². The van der Waals surface area contributed by atoms with E-state index < -0.39 is 0 Å². The van der Waals surface area contributed by atoms with Gasteiger partial charge in [-0.15, -0.1) is 0 Å². The predicted octanol–water partition coefficient (Wildman–Crippen LogP) is 5.65. The van der Waals surface area contributed by atoms with Gasteiger partial charge in [0.1, 0.15) is 12.0 Å². The first-order valence-corrected chi connectivity index (χ1v) is 11.4. The molecule has 0 atom stereocenters. The van der Waals surface area contributed by atoms with E-state index in [1.165, 1.54) is 11.8 Å². The third kappa shape index (κ3) is 4.15. The van der Waals surface area contributed by atoms with Gasteiger partial charge in [-0.2, -0.15) is 0 Å². The summed E-state index contributed by atoms with van der Waals surface area (Å²) < 4.78 is 12.6. The topological polar surface area (TPSA) is 70.2 Å². The molecular weight excluding hydrogens is 434 g/mol. The number of oxazole rings is 1. The Morgan fingerprint density at radius 1 is 0.970 bits per heavy atom. The van der Waals surface area contributed by atoms with E-state index in [-0.39, 0.29) is 5.56 Å². The van der Waals surface area contributed by atoms with Crippen LogP contribution in [0.2, 0.25) is 0 Å². The lowest BCUT2D eigenvalue weighted by Crippen LogP contribution is -2.22. The van der Waals surface area contributed by atoms with Gasteiger partial charge < -0.3 is 9.15 Å². The normalized spacial score (nSPS) is 11.1. The maximum absolute atomic E-state index is 13.4. The number of hydrogen-bond donors (Lipinski definition) is 0. The smallest absolute Gasteiger partial charge is 0.266 e. The SMILES string of the molecule is COc1ccc(-c2nc(CSc3nc4ccccc4c(=O)n3-c3ccccc3C)co2)cc1. The lowest BCUT2D eigenvalue weighted by molar-refractivity contribution is 0.415. The largest absolute Gasteiger partial charge is 0.497 e. The zero-order valence-electron chi connectivity index (χ0n) is 18.2. The highest BCUT2D eigenvalue weighted by atomic mass is 32.2. The highest BCUT2D eigenvalue weighted by molar-refractivity contribution is 7.98. The summed E-state index contributed by atoms with van der Waals surface area (Å²) in [6.07, 6.45) is 1.64. The fourth-order valence-electron chi connectivity index (χ4n) is 3.61. The van der Waals surface area contributed by atoms with Crippen molar-refractivity contribution in [3.63, 3.8) is 0 Å². The molecule has 0 aliphatic carbocycles. The second-order valence-corrected chi connectivity index (χ2v) is 8.44. The molecule has 2 aromatic heterocycles. The Labute approximate surface area is 194 Å². The van der Waals surface area contributed by atoms with Gasteiger partial charge in [-0.1, -0.05) is 42.1 Å². The van der Waals surface area contributed by atoms with Gasteiger partial charge in [-0.05, 0) is 55.0 Å². The van der Waals surface area contributed by atoms with Crippen molar-refractivity contribution in [3.05, 3.63) is 101 Å². The molecule has 7 heteroatoms. The van der Waals surface area contributed by atoms with Crippen molar-refractivity contribution >= 4 is 22.7 Å². The summed E-state index contributed by atoms with van der Waals surface area (Å²) in [5.74, 6) is 1.82. The molecule has 0 radical (unpaired) electrons. The monoisotopic (exact) mass is 455 g/mol. The summed E-state index contributed by atoms with van der Waals surface area (Å²) in [6.45, 7) is 1.99. The van der Waals surface area contributed by atoms with Crippen molar-refractivity contribution in [1.29, 1.82) is 0 Å². The number of benzene rings is 3. The van der Waals surface area contributed by atoms with Crippen LogP contribution in [0.3, 0.4) is 0 Å². The van der Waals surface area contributed by atoms with Crippen LogP contribution >= 0.6 is 11.8 Å². The van der Waals surface area contributed by atoms with Crippen LogP contribution in [0.25, 0.3) is 28.0 Å². The molecule has 3 aromatic carbocycles. The Balaban J connectivity index is 1.49. The van der Waals surface area contributed by atoms with Crippen LogP contribution < -0.4 is 10.3 Å². The van der Waals surface area contributed by atoms with Gasteiger partial charge in [0.15, 0.2) is 5.16 Å². The number of para-hydroxylation sites is 2. The molecule has 0 amide bonds. The van der Waals surface area contributed by atoms with Crippen LogP contribution in [0.5, 0.6) is 5.75 Å². The molecule has 0 saturated carbocycles. The average Bonchev–Trinajstić information content (AvgIpc) is 3.33. The highest BCUT2D eigenvalue weighted by Crippen LogP contribution is 2.27. The second-order valence-electron chi connectivity index (χ2n) is 7.50. The number of rotatable bonds is 6. The molecule has 5 aromatic rings. The molecule has 0 saturated heterocycles. The number of fused-ring (bicyclic) bond motifs is 1. The van der Waals surface area contributed by atoms with E-state index in [1.54, 1.807) is 17.9 Å². The Hall–Kier alpha value is -3.84. The van der Waals surface area contributed by atoms with Crippen LogP contribution in [-0.4, -0.2) is 21.6 Å². The van der Waals surface area contributed by atoms with Gasteiger partial charge in [0.05, 0.1) is 29.4 Å². The van der Waals surface area contributed by atoms with Crippen molar-refractivity contribution in [2.45, 2.75) is 17.8 Å². The van der Waals surface area contributed by atoms with E-state index >= 15 is 0 Å². The lowest BCUT2D eigenvalue weighted by Gasteiger charge is -2.14. The Bertz CT molecular complexity index is 1490. The summed E-state index contributed by atoms with van der Waals surface area (Å²) in [5.41, 5.74) is 4.05. The number of aromatic nitrogens is 3. The van der Waals surface area contributed by atoms with Crippen LogP contribution in [0.1, 0.15) is 11.3 Å². The van der Waals surface area contributed by atoms with E-state index in [1.807, 2.05) is 79.7 Å². The Morgan fingerprint density at radius 3 is 2.52 bits per heavy atom. The minimum Gasteiger partial charge on any atom is -0.497 e. The summed E-state index contributed by atoms with van der Waals surface area (Å²) in [7, 11) is 1.63. The summed E-state index contributed by atoms with van der Waals surface area (Å²) in [4.78, 5) is 22.8. The molecular formula is C26H21N3O3S. The number of nitrogens with zero attached hydrogens (tertiary/aromatic N) is 3. The number of thioether (sulfide) groups is 1. The van der Waals surface area contributed by atoms with Crippen molar-refractivity contribution in [3.8, 4) is 22.9 Å². The zero-order chi connectivity index (χ0) is 22.8. The first-order valence-electron chi connectivity index (χ1n) is 10.4. The van der Waals surface area contributed by atoms with Crippen molar-refractivity contribution in [2.75, 3.05) is 7.11 Å². The molecule has 0 aliphatic heterocycles. The minimum absolute atomic E-state index is 0.0866. The summed E-state index contributed by atoms with van der Waals surface area (Å²) in [5, 5.41) is 1.20. The summed E-state index contributed by atoms with van der Waals surface area (Å²) >= 11 is 1.46. The molecule has 5 rings (SSSR count). The molecule has 164 valence electrons. The van der Waals surface area contributed by atoms with E-state index in [0.717, 1.165) is 28.3 Å². The Kier molecular flexibility index (Phi) is 5.71. The third-order valence-corrected chi connectivity index (χ3v) is 6.31. The molecule has 0 N–H and O–H groups in total. The van der Waals surface area contributed by atoms with E-state index in [4.69, 9.17) is 14.1 Å². The number of methoxy groups -OCH3 is 1. The quantitative estimate of drug-likeness (QED) is 0.243. The average molecular weight is 456 g/mol. The second kappa shape index (κ2) is 8.96. The van der Waals surface area contributed by atoms with Gasteiger partial charge in [0, 0.05) is 11.3 Å². The zero-order valence-corrected chi connectivity index (χ0v) is 19.0. The molecule has 6 nitrogen and oxygen atoms in total. The molecule has 0 spiro atoms. The molecule has 2 heterocycles. The molecule has 0 fully saturated rings.